The average Bonchev–Trinajstić information content (AvgIpc) is 2.69. The Hall–Kier alpha value is -2.69. The van der Waals surface area contributed by atoms with Gasteiger partial charge in [0, 0.05) is 30.7 Å². The number of hydrogen-bond acceptors (Lipinski definition) is 4. The van der Waals surface area contributed by atoms with Gasteiger partial charge in [0.25, 0.3) is 0 Å². The average molecular weight is 369 g/mol. The molecule has 0 bridgehead atoms. The van der Waals surface area contributed by atoms with Gasteiger partial charge in [-0.1, -0.05) is 39.0 Å². The highest BCUT2D eigenvalue weighted by Crippen LogP contribution is 2.05. The first-order valence-electron chi connectivity index (χ1n) is 9.29. The van der Waals surface area contributed by atoms with Crippen LogP contribution < -0.4 is 0 Å². The maximum absolute atomic E-state index is 12.6. The summed E-state index contributed by atoms with van der Waals surface area (Å²) in [5.74, 6) is 0.829. The number of aromatic nitrogens is 4. The fourth-order valence-electron chi connectivity index (χ4n) is 2.14. The molecule has 0 fully saturated rings. The Morgan fingerprint density at radius 2 is 1.56 bits per heavy atom. The Morgan fingerprint density at radius 3 is 2.00 bits per heavy atom. The standard InChI is InChI=1S/C8H9F.2C7H10N2/c1-2-7-5-3-4-6-8(7)9;1-3-7-5-8-4-6(2)9-7;1-3-7-8-5-4-6(2)9-7/h3-6H,2H2,1H3;2*4-5H,3H2,1-2H3. The summed E-state index contributed by atoms with van der Waals surface area (Å²) in [5, 5.41) is 0. The first kappa shape index (κ1) is 22.4. The van der Waals surface area contributed by atoms with Crippen LogP contribution in [0.1, 0.15) is 49.2 Å². The quantitative estimate of drug-likeness (QED) is 0.647. The summed E-state index contributed by atoms with van der Waals surface area (Å²) in [6.45, 7) is 9.99. The molecule has 0 N–H and O–H groups in total. The largest absolute Gasteiger partial charge is 0.261 e. The number of hydrogen-bond donors (Lipinski definition) is 0. The van der Waals surface area contributed by atoms with Crippen molar-refractivity contribution in [2.75, 3.05) is 0 Å². The number of aryl methyl sites for hydroxylation is 5. The van der Waals surface area contributed by atoms with Gasteiger partial charge in [0.2, 0.25) is 0 Å². The maximum Gasteiger partial charge on any atom is 0.128 e. The van der Waals surface area contributed by atoms with Crippen LogP contribution in [0.3, 0.4) is 0 Å². The third-order valence-electron chi connectivity index (χ3n) is 3.67. The predicted octanol–water partition coefficient (Wildman–Crippen LogP) is 5.08. The van der Waals surface area contributed by atoms with Crippen LogP contribution in [-0.2, 0) is 19.3 Å². The Morgan fingerprint density at radius 1 is 0.815 bits per heavy atom. The summed E-state index contributed by atoms with van der Waals surface area (Å²) in [6.07, 6.45) is 8.01. The fraction of sp³-hybridized carbons (Fsp3) is 0.364. The second-order valence-corrected chi connectivity index (χ2v) is 5.92. The van der Waals surface area contributed by atoms with E-state index in [4.69, 9.17) is 0 Å². The molecule has 0 radical (unpaired) electrons. The van der Waals surface area contributed by atoms with Crippen LogP contribution >= 0.6 is 0 Å². The SMILES string of the molecule is CCc1ccccc1F.CCc1cncc(C)n1.CCc1nccc(C)n1. The van der Waals surface area contributed by atoms with Crippen LogP contribution in [0.5, 0.6) is 0 Å². The van der Waals surface area contributed by atoms with E-state index < -0.39 is 0 Å². The summed E-state index contributed by atoms with van der Waals surface area (Å²) in [7, 11) is 0. The molecule has 3 aromatic rings. The van der Waals surface area contributed by atoms with E-state index in [2.05, 4.69) is 33.8 Å². The summed E-state index contributed by atoms with van der Waals surface area (Å²) < 4.78 is 12.6. The van der Waals surface area contributed by atoms with Gasteiger partial charge in [-0.3, -0.25) is 9.97 Å². The van der Waals surface area contributed by atoms with Gasteiger partial charge in [-0.2, -0.15) is 0 Å². The summed E-state index contributed by atoms with van der Waals surface area (Å²) in [4.78, 5) is 16.4. The fourth-order valence-corrected chi connectivity index (χ4v) is 2.14. The van der Waals surface area contributed by atoms with Crippen molar-refractivity contribution in [2.24, 2.45) is 0 Å². The number of benzene rings is 1. The molecule has 0 saturated heterocycles. The Kier molecular flexibility index (Phi) is 10.5. The highest BCUT2D eigenvalue weighted by atomic mass is 19.1. The van der Waals surface area contributed by atoms with Crippen molar-refractivity contribution < 1.29 is 4.39 Å². The third-order valence-corrected chi connectivity index (χ3v) is 3.67. The molecule has 144 valence electrons. The molecular weight excluding hydrogens is 339 g/mol. The van der Waals surface area contributed by atoms with Gasteiger partial charge in [-0.15, -0.1) is 0 Å². The lowest BCUT2D eigenvalue weighted by atomic mass is 10.2. The van der Waals surface area contributed by atoms with Crippen LogP contribution in [0.15, 0.2) is 48.9 Å². The second kappa shape index (κ2) is 12.6. The lowest BCUT2D eigenvalue weighted by molar-refractivity contribution is 0.612. The van der Waals surface area contributed by atoms with E-state index in [1.54, 1.807) is 30.7 Å². The first-order valence-corrected chi connectivity index (χ1v) is 9.29. The van der Waals surface area contributed by atoms with Crippen molar-refractivity contribution in [1.82, 2.24) is 19.9 Å². The Labute approximate surface area is 162 Å². The summed E-state index contributed by atoms with van der Waals surface area (Å²) >= 11 is 0. The van der Waals surface area contributed by atoms with E-state index in [0.29, 0.717) is 0 Å². The molecule has 2 heterocycles. The van der Waals surface area contributed by atoms with E-state index in [-0.39, 0.29) is 5.82 Å². The highest BCUT2D eigenvalue weighted by Gasteiger charge is 1.94. The molecule has 0 unspecified atom stereocenters. The van der Waals surface area contributed by atoms with E-state index in [1.807, 2.05) is 32.9 Å². The summed E-state index contributed by atoms with van der Waals surface area (Å²) in [5.41, 5.74) is 3.89. The second-order valence-electron chi connectivity index (χ2n) is 5.92. The summed E-state index contributed by atoms with van der Waals surface area (Å²) in [6, 6.07) is 8.74. The van der Waals surface area contributed by atoms with Gasteiger partial charge in [0.1, 0.15) is 11.6 Å². The molecule has 0 atom stereocenters. The highest BCUT2D eigenvalue weighted by molar-refractivity contribution is 5.16. The van der Waals surface area contributed by atoms with Crippen molar-refractivity contribution in [3.63, 3.8) is 0 Å². The molecule has 3 rings (SSSR count). The van der Waals surface area contributed by atoms with E-state index >= 15 is 0 Å². The van der Waals surface area contributed by atoms with Gasteiger partial charge in [-0.05, 0) is 44.4 Å². The van der Waals surface area contributed by atoms with Crippen molar-refractivity contribution in [3.05, 3.63) is 83.2 Å². The van der Waals surface area contributed by atoms with E-state index in [1.165, 1.54) is 6.07 Å². The molecule has 1 aromatic carbocycles. The Bertz CT molecular complexity index is 760. The zero-order valence-corrected chi connectivity index (χ0v) is 16.9. The minimum atomic E-state index is -0.0972. The smallest absolute Gasteiger partial charge is 0.128 e. The molecule has 2 aromatic heterocycles. The van der Waals surface area contributed by atoms with Gasteiger partial charge in [0.15, 0.2) is 0 Å². The lowest BCUT2D eigenvalue weighted by Gasteiger charge is -1.94. The van der Waals surface area contributed by atoms with E-state index in [0.717, 1.165) is 47.7 Å². The molecule has 0 spiro atoms. The van der Waals surface area contributed by atoms with Crippen LogP contribution in [0.4, 0.5) is 4.39 Å². The van der Waals surface area contributed by atoms with Gasteiger partial charge >= 0.3 is 0 Å². The van der Waals surface area contributed by atoms with Crippen LogP contribution in [-0.4, -0.2) is 19.9 Å². The molecule has 0 aliphatic carbocycles. The third kappa shape index (κ3) is 8.99. The zero-order chi connectivity index (χ0) is 20.1. The maximum atomic E-state index is 12.6. The topological polar surface area (TPSA) is 51.6 Å². The number of rotatable bonds is 3. The minimum absolute atomic E-state index is 0.0972. The van der Waals surface area contributed by atoms with Crippen molar-refractivity contribution in [1.29, 1.82) is 0 Å². The van der Waals surface area contributed by atoms with Gasteiger partial charge in [-0.25, -0.2) is 14.4 Å². The van der Waals surface area contributed by atoms with E-state index in [9.17, 15) is 4.39 Å². The van der Waals surface area contributed by atoms with Crippen molar-refractivity contribution >= 4 is 0 Å². The minimum Gasteiger partial charge on any atom is -0.261 e. The number of halogens is 1. The lowest BCUT2D eigenvalue weighted by Crippen LogP contribution is -1.92. The monoisotopic (exact) mass is 368 g/mol. The predicted molar refractivity (Wildman–Crippen MR) is 108 cm³/mol. The van der Waals surface area contributed by atoms with Crippen molar-refractivity contribution in [2.45, 2.75) is 53.9 Å². The molecule has 0 saturated carbocycles. The van der Waals surface area contributed by atoms with Gasteiger partial charge in [0.05, 0.1) is 11.4 Å². The normalized spacial score (nSPS) is 9.56. The van der Waals surface area contributed by atoms with Crippen molar-refractivity contribution in [3.8, 4) is 0 Å². The molecule has 0 aliphatic rings. The molecule has 0 amide bonds. The molecule has 0 aliphatic heterocycles. The Balaban J connectivity index is 0.000000202. The van der Waals surface area contributed by atoms with Gasteiger partial charge < -0.3 is 0 Å². The zero-order valence-electron chi connectivity index (χ0n) is 16.9. The number of nitrogens with zero attached hydrogens (tertiary/aromatic N) is 4. The molecule has 5 heteroatoms. The van der Waals surface area contributed by atoms with Crippen LogP contribution in [0.25, 0.3) is 0 Å². The first-order chi connectivity index (χ1) is 13.0. The molecular formula is C22H29FN4. The van der Waals surface area contributed by atoms with Crippen LogP contribution in [0.2, 0.25) is 0 Å². The molecule has 27 heavy (non-hydrogen) atoms. The van der Waals surface area contributed by atoms with Crippen LogP contribution in [0, 0.1) is 19.7 Å². The molecule has 4 nitrogen and oxygen atoms in total.